The van der Waals surface area contributed by atoms with Crippen molar-refractivity contribution in [1.29, 1.82) is 5.26 Å². The third kappa shape index (κ3) is 4.78. The van der Waals surface area contributed by atoms with Gasteiger partial charge in [0, 0.05) is 12.6 Å². The highest BCUT2D eigenvalue weighted by molar-refractivity contribution is 6.04. The number of nitriles is 1. The fourth-order valence-corrected chi connectivity index (χ4v) is 5.65. The molecule has 4 rings (SSSR count). The molecule has 6 heteroatoms. The van der Waals surface area contributed by atoms with Crippen LogP contribution in [0.4, 0.5) is 0 Å². The van der Waals surface area contributed by atoms with E-state index in [1.54, 1.807) is 0 Å². The number of hydrogen-bond acceptors (Lipinski definition) is 5. The van der Waals surface area contributed by atoms with Gasteiger partial charge >= 0.3 is 0 Å². The van der Waals surface area contributed by atoms with E-state index in [4.69, 9.17) is 4.99 Å². The van der Waals surface area contributed by atoms with Gasteiger partial charge in [0.1, 0.15) is 12.0 Å². The summed E-state index contributed by atoms with van der Waals surface area (Å²) in [6.45, 7) is 1.89. The molecule has 2 aliphatic carbocycles. The molecule has 2 fully saturated rings. The Hall–Kier alpha value is -1.97. The van der Waals surface area contributed by atoms with Crippen LogP contribution in [-0.4, -0.2) is 66.8 Å². The van der Waals surface area contributed by atoms with E-state index >= 15 is 0 Å². The van der Waals surface area contributed by atoms with E-state index in [0.29, 0.717) is 6.04 Å². The number of nitrogens with one attached hydrogen (secondary N) is 1. The molecule has 4 aliphatic rings. The Morgan fingerprint density at radius 3 is 2.71 bits per heavy atom. The molecule has 0 aromatic carbocycles. The average molecular weight is 422 g/mol. The summed E-state index contributed by atoms with van der Waals surface area (Å²) in [5, 5.41) is 13.5. The van der Waals surface area contributed by atoms with E-state index < -0.39 is 0 Å². The molecule has 0 amide bonds. The number of fused-ring (bicyclic) bond motifs is 1. The van der Waals surface area contributed by atoms with Crippen LogP contribution in [0.2, 0.25) is 0 Å². The zero-order valence-corrected chi connectivity index (χ0v) is 19.1. The van der Waals surface area contributed by atoms with Crippen LogP contribution in [0.1, 0.15) is 57.8 Å². The quantitative estimate of drug-likeness (QED) is 0.688. The van der Waals surface area contributed by atoms with Gasteiger partial charge in [-0.3, -0.25) is 10.3 Å². The van der Waals surface area contributed by atoms with E-state index in [-0.39, 0.29) is 17.6 Å². The summed E-state index contributed by atoms with van der Waals surface area (Å²) in [5.74, 6) is 0.946. The number of hydrogen-bond donors (Lipinski definition) is 1. The molecule has 6 nitrogen and oxygen atoms in total. The first-order valence-electron chi connectivity index (χ1n) is 12.1. The van der Waals surface area contributed by atoms with Crippen LogP contribution in [0.25, 0.3) is 0 Å². The lowest BCUT2D eigenvalue weighted by Gasteiger charge is -2.50. The molecule has 1 saturated carbocycles. The van der Waals surface area contributed by atoms with E-state index in [2.05, 4.69) is 71.1 Å². The van der Waals surface area contributed by atoms with Crippen LogP contribution >= 0.6 is 0 Å². The minimum atomic E-state index is -0.368. The summed E-state index contributed by atoms with van der Waals surface area (Å²) in [7, 11) is 4.23. The lowest BCUT2D eigenvalue weighted by molar-refractivity contribution is 0.176. The van der Waals surface area contributed by atoms with Gasteiger partial charge in [-0.25, -0.2) is 0 Å². The molecule has 1 N–H and O–H groups in total. The molecular weight excluding hydrogens is 384 g/mol. The number of aliphatic imine (C=N–C) groups is 2. The highest BCUT2D eigenvalue weighted by atomic mass is 15.3. The predicted molar refractivity (Wildman–Crippen MR) is 127 cm³/mol. The van der Waals surface area contributed by atoms with Crippen molar-refractivity contribution in [3.63, 3.8) is 0 Å². The largest absolute Gasteiger partial charge is 0.356 e. The van der Waals surface area contributed by atoms with Crippen molar-refractivity contribution in [2.75, 3.05) is 27.2 Å². The van der Waals surface area contributed by atoms with Gasteiger partial charge in [-0.1, -0.05) is 50.3 Å². The Labute approximate surface area is 187 Å². The minimum Gasteiger partial charge on any atom is -0.356 e. The van der Waals surface area contributed by atoms with Gasteiger partial charge in [0.05, 0.1) is 17.2 Å². The van der Waals surface area contributed by atoms with Gasteiger partial charge in [-0.05, 0) is 58.8 Å². The molecule has 0 spiro atoms. The zero-order valence-electron chi connectivity index (χ0n) is 19.1. The van der Waals surface area contributed by atoms with Crippen LogP contribution in [0.15, 0.2) is 34.3 Å². The number of allylic oxidation sites excluding steroid dienone is 2. The lowest BCUT2D eigenvalue weighted by Crippen LogP contribution is -2.60. The Kier molecular flexibility index (Phi) is 7.24. The zero-order chi connectivity index (χ0) is 21.7. The van der Waals surface area contributed by atoms with Gasteiger partial charge in [0.15, 0.2) is 0 Å². The Morgan fingerprint density at radius 1 is 1.23 bits per heavy atom. The van der Waals surface area contributed by atoms with E-state index in [1.807, 2.05) is 0 Å². The van der Waals surface area contributed by atoms with Crippen molar-refractivity contribution < 1.29 is 0 Å². The second kappa shape index (κ2) is 10.1. The SMILES string of the molecule is CN(C)CCC1(C2N=C3C=CC=CC3N2)[CH]CCN(C2CCCCCCC2)C1=NC#N. The fraction of sp³-hybridized carbons (Fsp3) is 0.680. The van der Waals surface area contributed by atoms with Crippen LogP contribution in [0.3, 0.4) is 0 Å². The van der Waals surface area contributed by atoms with Gasteiger partial charge in [-0.15, -0.1) is 0 Å². The van der Waals surface area contributed by atoms with Crippen molar-refractivity contribution in [3.8, 4) is 6.19 Å². The second-order valence-electron chi connectivity index (χ2n) is 9.66. The average Bonchev–Trinajstić information content (AvgIpc) is 3.18. The Balaban J connectivity index is 1.69. The fourth-order valence-electron chi connectivity index (χ4n) is 5.65. The molecule has 2 heterocycles. The highest BCUT2D eigenvalue weighted by Gasteiger charge is 2.51. The monoisotopic (exact) mass is 421 g/mol. The number of nitrogens with zero attached hydrogens (tertiary/aromatic N) is 5. The predicted octanol–water partition coefficient (Wildman–Crippen LogP) is 3.69. The first kappa shape index (κ1) is 22.2. The normalized spacial score (nSPS) is 33.2. The summed E-state index contributed by atoms with van der Waals surface area (Å²) in [4.78, 5) is 14.4. The van der Waals surface area contributed by atoms with E-state index in [9.17, 15) is 5.26 Å². The van der Waals surface area contributed by atoms with Gasteiger partial charge in [-0.2, -0.15) is 10.3 Å². The molecular formula is C25H37N6. The smallest absolute Gasteiger partial charge is 0.207 e. The molecule has 3 atom stereocenters. The maximum absolute atomic E-state index is 9.73. The van der Waals surface area contributed by atoms with Crippen LogP contribution in [0.5, 0.6) is 0 Å². The summed E-state index contributed by atoms with van der Waals surface area (Å²) in [5.41, 5.74) is 0.719. The molecule has 0 aromatic rings. The van der Waals surface area contributed by atoms with Crippen LogP contribution < -0.4 is 5.32 Å². The number of piperidine rings is 1. The highest BCUT2D eigenvalue weighted by Crippen LogP contribution is 2.42. The summed E-state index contributed by atoms with van der Waals surface area (Å²) in [6.07, 6.45) is 23.8. The molecule has 31 heavy (non-hydrogen) atoms. The van der Waals surface area contributed by atoms with Crippen molar-refractivity contribution in [3.05, 3.63) is 30.7 Å². The maximum Gasteiger partial charge on any atom is 0.207 e. The van der Waals surface area contributed by atoms with Gasteiger partial charge in [0.25, 0.3) is 0 Å². The molecule has 1 saturated heterocycles. The van der Waals surface area contributed by atoms with Gasteiger partial charge < -0.3 is 9.80 Å². The van der Waals surface area contributed by atoms with Crippen LogP contribution in [0, 0.1) is 23.3 Å². The summed E-state index contributed by atoms with van der Waals surface area (Å²) >= 11 is 0. The van der Waals surface area contributed by atoms with Crippen molar-refractivity contribution in [2.24, 2.45) is 15.4 Å². The number of rotatable bonds is 5. The molecule has 167 valence electrons. The minimum absolute atomic E-state index is 0.0942. The second-order valence-corrected chi connectivity index (χ2v) is 9.66. The third-order valence-electron chi connectivity index (χ3n) is 7.31. The standard InChI is InChI=1S/C25H37N6/c1-30(2)18-16-25(23-28-21-13-8-9-14-22(21)29-23)15-10-17-31(24(25)27-19-26)20-11-6-4-3-5-7-12-20/h8-9,13-15,20-21,23,28H,3-7,10-12,16-18H2,1-2H3. The van der Waals surface area contributed by atoms with E-state index in [1.165, 1.54) is 44.9 Å². The molecule has 0 aromatic heterocycles. The Morgan fingerprint density at radius 2 is 2.00 bits per heavy atom. The third-order valence-corrected chi connectivity index (χ3v) is 7.31. The summed E-state index contributed by atoms with van der Waals surface area (Å²) in [6, 6.07) is 0.635. The molecule has 0 bridgehead atoms. The molecule has 2 aliphatic heterocycles. The van der Waals surface area contributed by atoms with Crippen molar-refractivity contribution in [2.45, 2.75) is 76.0 Å². The topological polar surface area (TPSA) is 67.0 Å². The lowest BCUT2D eigenvalue weighted by atomic mass is 9.72. The number of likely N-dealkylation sites (tertiary alicyclic amines) is 1. The van der Waals surface area contributed by atoms with Gasteiger partial charge in [0.2, 0.25) is 6.19 Å². The Bertz CT molecular complexity index is 780. The molecule has 1 radical (unpaired) electrons. The first-order chi connectivity index (χ1) is 15.1. The number of amidine groups is 1. The summed E-state index contributed by atoms with van der Waals surface area (Å²) < 4.78 is 0. The van der Waals surface area contributed by atoms with Crippen LogP contribution in [-0.2, 0) is 0 Å². The maximum atomic E-state index is 9.73. The first-order valence-corrected chi connectivity index (χ1v) is 12.1. The van der Waals surface area contributed by atoms with E-state index in [0.717, 1.165) is 37.5 Å². The van der Waals surface area contributed by atoms with Crippen molar-refractivity contribution >= 4 is 11.5 Å². The molecule has 3 unspecified atom stereocenters. The van der Waals surface area contributed by atoms with Crippen molar-refractivity contribution in [1.82, 2.24) is 15.1 Å².